The number of hydrogen-bond donors (Lipinski definition) is 3. The largest absolute Gasteiger partial charge is 0.461 e. The van der Waals surface area contributed by atoms with Gasteiger partial charge in [-0.05, 0) is 40.0 Å². The first-order valence-electron chi connectivity index (χ1n) is 14.1. The summed E-state index contributed by atoms with van der Waals surface area (Å²) in [5.74, 6) is -0.124. The molecular formula is C28H57NO4. The molecular weight excluding hydrogens is 414 g/mol. The second kappa shape index (κ2) is 23.1. The lowest BCUT2D eigenvalue weighted by molar-refractivity contribution is -0.148. The van der Waals surface area contributed by atoms with Crippen LogP contribution in [0.2, 0.25) is 0 Å². The molecule has 0 aromatic rings. The Morgan fingerprint density at radius 2 is 1.09 bits per heavy atom. The van der Waals surface area contributed by atoms with Crippen LogP contribution in [-0.2, 0) is 9.53 Å². The third-order valence-electron chi connectivity index (χ3n) is 6.26. The highest BCUT2D eigenvalue weighted by molar-refractivity contribution is 5.69. The van der Waals surface area contributed by atoms with Crippen molar-refractivity contribution in [2.45, 2.75) is 168 Å². The van der Waals surface area contributed by atoms with Gasteiger partial charge in [0.15, 0.2) is 0 Å². The van der Waals surface area contributed by atoms with Crippen LogP contribution in [0, 0.1) is 0 Å². The number of esters is 1. The van der Waals surface area contributed by atoms with E-state index in [0.717, 1.165) is 12.8 Å². The molecule has 0 heterocycles. The Morgan fingerprint density at radius 1 is 0.697 bits per heavy atom. The first-order valence-corrected chi connectivity index (χ1v) is 14.1. The van der Waals surface area contributed by atoms with Crippen molar-refractivity contribution >= 4 is 5.97 Å². The summed E-state index contributed by atoms with van der Waals surface area (Å²) in [6.45, 7) is 8.19. The minimum Gasteiger partial charge on any atom is -0.461 e. The molecule has 198 valence electrons. The molecule has 0 aromatic heterocycles. The number of aliphatic hydroxyl groups is 2. The molecule has 0 aliphatic carbocycles. The van der Waals surface area contributed by atoms with E-state index in [2.05, 4.69) is 12.2 Å². The van der Waals surface area contributed by atoms with Gasteiger partial charge >= 0.3 is 5.97 Å². The van der Waals surface area contributed by atoms with Crippen LogP contribution in [0.3, 0.4) is 0 Å². The Hall–Kier alpha value is -0.650. The molecule has 0 aromatic carbocycles. The Balaban J connectivity index is 3.55. The molecule has 5 nitrogen and oxygen atoms in total. The number of unbranched alkanes of at least 4 members (excludes halogenated alkanes) is 14. The van der Waals surface area contributed by atoms with E-state index < -0.39 is 12.2 Å². The van der Waals surface area contributed by atoms with Crippen LogP contribution in [0.4, 0.5) is 0 Å². The molecule has 0 bridgehead atoms. The van der Waals surface area contributed by atoms with Crippen molar-refractivity contribution in [3.8, 4) is 0 Å². The topological polar surface area (TPSA) is 78.8 Å². The molecule has 5 heteroatoms. The summed E-state index contributed by atoms with van der Waals surface area (Å²) in [6, 6.07) is 0.0155. The van der Waals surface area contributed by atoms with Crippen LogP contribution in [0.15, 0.2) is 0 Å². The van der Waals surface area contributed by atoms with Crippen molar-refractivity contribution < 1.29 is 19.7 Å². The molecule has 0 fully saturated rings. The molecule has 33 heavy (non-hydrogen) atoms. The molecule has 3 N–H and O–H groups in total. The average Bonchev–Trinajstić information content (AvgIpc) is 2.74. The number of rotatable bonds is 24. The highest BCUT2D eigenvalue weighted by Crippen LogP contribution is 2.14. The maximum absolute atomic E-state index is 12.1. The van der Waals surface area contributed by atoms with Crippen LogP contribution in [-0.4, -0.2) is 47.1 Å². The van der Waals surface area contributed by atoms with Crippen LogP contribution in [0.1, 0.15) is 143 Å². The summed E-state index contributed by atoms with van der Waals surface area (Å²) >= 11 is 0. The van der Waals surface area contributed by atoms with Crippen LogP contribution in [0.5, 0.6) is 0 Å². The first-order chi connectivity index (χ1) is 15.8. The van der Waals surface area contributed by atoms with Gasteiger partial charge in [0.1, 0.15) is 6.10 Å². The standard InChI is InChI=1S/C28H57NO4/c1-5-6-7-8-9-10-11-12-13-14-15-16-17-18-19-20-28(32)33-26(4)23-29-27(21-24(2)30)22-25(3)31/h24-27,29-31H,5-23H2,1-4H3. The minimum atomic E-state index is -0.427. The lowest BCUT2D eigenvalue weighted by Crippen LogP contribution is -2.39. The Labute approximate surface area is 205 Å². The quantitative estimate of drug-likeness (QED) is 0.108. The molecule has 0 radical (unpaired) electrons. The fraction of sp³-hybridized carbons (Fsp3) is 0.964. The number of carbonyl (C=O) groups excluding carboxylic acids is 1. The fourth-order valence-corrected chi connectivity index (χ4v) is 4.38. The van der Waals surface area contributed by atoms with Gasteiger partial charge in [0.05, 0.1) is 12.2 Å². The molecule has 0 spiro atoms. The Bertz CT molecular complexity index is 418. The zero-order valence-electron chi connectivity index (χ0n) is 22.5. The van der Waals surface area contributed by atoms with E-state index in [1.54, 1.807) is 13.8 Å². The van der Waals surface area contributed by atoms with Gasteiger partial charge in [0, 0.05) is 19.0 Å². The van der Waals surface area contributed by atoms with E-state index in [1.165, 1.54) is 83.5 Å². The van der Waals surface area contributed by atoms with Crippen LogP contribution in [0.25, 0.3) is 0 Å². The normalized spacial score (nSPS) is 15.2. The van der Waals surface area contributed by atoms with Crippen molar-refractivity contribution in [3.05, 3.63) is 0 Å². The second-order valence-electron chi connectivity index (χ2n) is 10.3. The maximum atomic E-state index is 12.1. The first kappa shape index (κ1) is 32.4. The predicted molar refractivity (Wildman–Crippen MR) is 139 cm³/mol. The van der Waals surface area contributed by atoms with Gasteiger partial charge in [0.25, 0.3) is 0 Å². The summed E-state index contributed by atoms with van der Waals surface area (Å²) in [7, 11) is 0. The highest BCUT2D eigenvalue weighted by Gasteiger charge is 2.16. The van der Waals surface area contributed by atoms with E-state index in [9.17, 15) is 15.0 Å². The van der Waals surface area contributed by atoms with Gasteiger partial charge in [-0.2, -0.15) is 0 Å². The maximum Gasteiger partial charge on any atom is 0.306 e. The molecule has 0 amide bonds. The lowest BCUT2D eigenvalue weighted by atomic mass is 10.0. The Morgan fingerprint density at radius 3 is 1.48 bits per heavy atom. The van der Waals surface area contributed by atoms with E-state index in [4.69, 9.17) is 4.74 Å². The van der Waals surface area contributed by atoms with Crippen molar-refractivity contribution in [1.29, 1.82) is 0 Å². The molecule has 0 saturated carbocycles. The zero-order valence-corrected chi connectivity index (χ0v) is 22.5. The van der Waals surface area contributed by atoms with Crippen molar-refractivity contribution in [2.24, 2.45) is 0 Å². The number of ether oxygens (including phenoxy) is 1. The summed E-state index contributed by atoms with van der Waals surface area (Å²) in [5, 5.41) is 22.5. The van der Waals surface area contributed by atoms with Gasteiger partial charge in [-0.3, -0.25) is 4.79 Å². The lowest BCUT2D eigenvalue weighted by Gasteiger charge is -2.23. The summed E-state index contributed by atoms with van der Waals surface area (Å²) in [6.07, 6.45) is 20.3. The van der Waals surface area contributed by atoms with Gasteiger partial charge in [-0.15, -0.1) is 0 Å². The van der Waals surface area contributed by atoms with Gasteiger partial charge in [0.2, 0.25) is 0 Å². The smallest absolute Gasteiger partial charge is 0.306 e. The minimum absolute atomic E-state index is 0.0155. The number of aliphatic hydroxyl groups excluding tert-OH is 2. The van der Waals surface area contributed by atoms with Gasteiger partial charge in [-0.1, -0.05) is 96.8 Å². The van der Waals surface area contributed by atoms with Gasteiger partial charge < -0.3 is 20.3 Å². The molecule has 3 unspecified atom stereocenters. The molecule has 0 saturated heterocycles. The van der Waals surface area contributed by atoms with Crippen LogP contribution >= 0.6 is 0 Å². The molecule has 0 aliphatic rings. The van der Waals surface area contributed by atoms with E-state index >= 15 is 0 Å². The van der Waals surface area contributed by atoms with Crippen LogP contribution < -0.4 is 5.32 Å². The summed E-state index contributed by atoms with van der Waals surface area (Å²) < 4.78 is 5.50. The number of carbonyl (C=O) groups is 1. The summed E-state index contributed by atoms with van der Waals surface area (Å²) in [4.78, 5) is 12.1. The highest BCUT2D eigenvalue weighted by atomic mass is 16.5. The van der Waals surface area contributed by atoms with E-state index in [1.807, 2.05) is 6.92 Å². The summed E-state index contributed by atoms with van der Waals surface area (Å²) in [5.41, 5.74) is 0. The third-order valence-corrected chi connectivity index (χ3v) is 6.26. The second-order valence-corrected chi connectivity index (χ2v) is 10.3. The zero-order chi connectivity index (χ0) is 24.7. The third kappa shape index (κ3) is 24.3. The molecule has 0 rings (SSSR count). The molecule has 0 aliphatic heterocycles. The fourth-order valence-electron chi connectivity index (χ4n) is 4.38. The van der Waals surface area contributed by atoms with Crippen molar-refractivity contribution in [2.75, 3.05) is 6.54 Å². The van der Waals surface area contributed by atoms with E-state index in [0.29, 0.717) is 25.8 Å². The SMILES string of the molecule is CCCCCCCCCCCCCCCCCC(=O)OC(C)CNC(CC(C)O)CC(C)O. The van der Waals surface area contributed by atoms with Gasteiger partial charge in [-0.25, -0.2) is 0 Å². The van der Waals surface area contributed by atoms with Crippen molar-refractivity contribution in [3.63, 3.8) is 0 Å². The Kier molecular flexibility index (Phi) is 22.7. The van der Waals surface area contributed by atoms with E-state index in [-0.39, 0.29) is 18.1 Å². The monoisotopic (exact) mass is 471 g/mol. The van der Waals surface area contributed by atoms with Crippen molar-refractivity contribution in [1.82, 2.24) is 5.32 Å². The number of hydrogen-bond acceptors (Lipinski definition) is 5. The average molecular weight is 472 g/mol. The molecule has 3 atom stereocenters. The number of nitrogens with one attached hydrogen (secondary N) is 1. The predicted octanol–water partition coefficient (Wildman–Crippen LogP) is 6.68.